The number of carbonyl (C=O) groups excluding carboxylic acids is 2. The SMILES string of the molecule is O=C([O-])[C@H]1C[C@@H]1C(=O)c1ccc(C(F)(F)F)c(Cl)c1.[Na+]. The fourth-order valence-electron chi connectivity index (χ4n) is 1.86. The van der Waals surface area contributed by atoms with Crippen LogP contribution >= 0.6 is 11.6 Å². The molecule has 1 aliphatic rings. The molecule has 0 aliphatic heterocycles. The van der Waals surface area contributed by atoms with E-state index in [1.165, 1.54) is 0 Å². The van der Waals surface area contributed by atoms with Gasteiger partial charge in [0.25, 0.3) is 0 Å². The third-order valence-electron chi connectivity index (χ3n) is 2.99. The predicted octanol–water partition coefficient (Wildman–Crippen LogP) is -1.07. The van der Waals surface area contributed by atoms with Gasteiger partial charge in [0.15, 0.2) is 5.78 Å². The first kappa shape index (κ1) is 17.5. The van der Waals surface area contributed by atoms with E-state index in [1.807, 2.05) is 0 Å². The summed E-state index contributed by atoms with van der Waals surface area (Å²) in [6.07, 6.45) is -4.44. The zero-order valence-corrected chi connectivity index (χ0v) is 13.1. The van der Waals surface area contributed by atoms with Crippen molar-refractivity contribution in [3.63, 3.8) is 0 Å². The van der Waals surface area contributed by atoms with Gasteiger partial charge in [-0.05, 0) is 18.6 Å². The molecule has 1 aliphatic carbocycles. The summed E-state index contributed by atoms with van der Waals surface area (Å²) < 4.78 is 37.4. The van der Waals surface area contributed by atoms with Crippen LogP contribution in [-0.4, -0.2) is 11.8 Å². The number of Topliss-reactive ketones (excluding diaryl/α,β-unsaturated/α-hetero) is 1. The molecule has 1 fully saturated rings. The van der Waals surface area contributed by atoms with Gasteiger partial charge in [0, 0.05) is 23.4 Å². The van der Waals surface area contributed by atoms with Gasteiger partial charge in [0.1, 0.15) is 0 Å². The fourth-order valence-corrected chi connectivity index (χ4v) is 2.15. The van der Waals surface area contributed by atoms with Crippen LogP contribution in [-0.2, 0) is 11.0 Å². The molecule has 0 unspecified atom stereocenters. The Kier molecular flexibility index (Phi) is 5.29. The van der Waals surface area contributed by atoms with E-state index in [4.69, 9.17) is 11.6 Å². The van der Waals surface area contributed by atoms with Crippen molar-refractivity contribution in [2.75, 3.05) is 0 Å². The second-order valence-corrected chi connectivity index (χ2v) is 4.73. The Morgan fingerprint density at radius 2 is 1.85 bits per heavy atom. The first-order valence-electron chi connectivity index (χ1n) is 5.33. The van der Waals surface area contributed by atoms with Crippen molar-refractivity contribution in [1.82, 2.24) is 0 Å². The van der Waals surface area contributed by atoms with Crippen molar-refractivity contribution >= 4 is 23.4 Å². The molecular formula is C12H7ClF3NaO3. The van der Waals surface area contributed by atoms with Gasteiger partial charge in [-0.1, -0.05) is 17.7 Å². The van der Waals surface area contributed by atoms with Crippen molar-refractivity contribution < 1.29 is 57.4 Å². The third-order valence-corrected chi connectivity index (χ3v) is 3.30. The Hall–Kier alpha value is -0.560. The Balaban J connectivity index is 0.00000200. The summed E-state index contributed by atoms with van der Waals surface area (Å²) in [5.41, 5.74) is -1.05. The molecule has 0 amide bonds. The smallest absolute Gasteiger partial charge is 0.550 e. The normalized spacial score (nSPS) is 21.0. The van der Waals surface area contributed by atoms with Crippen LogP contribution in [0.2, 0.25) is 5.02 Å². The van der Waals surface area contributed by atoms with Crippen LogP contribution in [0.15, 0.2) is 18.2 Å². The van der Waals surface area contributed by atoms with Gasteiger partial charge in [-0.2, -0.15) is 13.2 Å². The number of carboxylic acids is 1. The van der Waals surface area contributed by atoms with E-state index in [0.717, 1.165) is 12.1 Å². The van der Waals surface area contributed by atoms with Gasteiger partial charge in [-0.3, -0.25) is 4.79 Å². The number of alkyl halides is 3. The van der Waals surface area contributed by atoms with Crippen LogP contribution in [0.3, 0.4) is 0 Å². The van der Waals surface area contributed by atoms with Crippen molar-refractivity contribution in [1.29, 1.82) is 0 Å². The van der Waals surface area contributed by atoms with Crippen molar-refractivity contribution in [2.24, 2.45) is 11.8 Å². The molecule has 3 nitrogen and oxygen atoms in total. The summed E-state index contributed by atoms with van der Waals surface area (Å²) in [6, 6.07) is 2.63. The van der Waals surface area contributed by atoms with Crippen LogP contribution in [0.25, 0.3) is 0 Å². The second-order valence-electron chi connectivity index (χ2n) is 4.32. The molecule has 0 heterocycles. The number of carbonyl (C=O) groups is 2. The van der Waals surface area contributed by atoms with Crippen LogP contribution < -0.4 is 34.7 Å². The summed E-state index contributed by atoms with van der Waals surface area (Å²) >= 11 is 5.48. The average molecular weight is 315 g/mol. The van der Waals surface area contributed by atoms with Gasteiger partial charge in [0.05, 0.1) is 10.6 Å². The molecule has 1 saturated carbocycles. The molecule has 0 radical (unpaired) electrons. The Morgan fingerprint density at radius 3 is 2.25 bits per heavy atom. The van der Waals surface area contributed by atoms with Gasteiger partial charge < -0.3 is 9.90 Å². The zero-order chi connectivity index (χ0) is 14.4. The number of halogens is 4. The number of ketones is 1. The topological polar surface area (TPSA) is 57.2 Å². The maximum absolute atomic E-state index is 12.5. The summed E-state index contributed by atoms with van der Waals surface area (Å²) in [7, 11) is 0. The Morgan fingerprint density at radius 1 is 1.25 bits per heavy atom. The number of carboxylic acid groups (broad SMARTS) is 1. The van der Waals surface area contributed by atoms with E-state index in [2.05, 4.69) is 0 Å². The number of aliphatic carboxylic acids is 1. The number of benzene rings is 1. The van der Waals surface area contributed by atoms with Crippen LogP contribution in [0, 0.1) is 11.8 Å². The zero-order valence-electron chi connectivity index (χ0n) is 10.3. The third kappa shape index (κ3) is 3.55. The number of hydrogen-bond acceptors (Lipinski definition) is 3. The minimum Gasteiger partial charge on any atom is -0.550 e. The summed E-state index contributed by atoms with van der Waals surface area (Å²) in [4.78, 5) is 22.3. The Labute approximate surface area is 139 Å². The molecule has 2 rings (SSSR count). The maximum atomic E-state index is 12.5. The molecule has 2 atom stereocenters. The van der Waals surface area contributed by atoms with Crippen LogP contribution in [0.5, 0.6) is 0 Å². The van der Waals surface area contributed by atoms with E-state index >= 15 is 0 Å². The molecule has 8 heteroatoms. The molecule has 0 bridgehead atoms. The molecule has 0 N–H and O–H groups in total. The van der Waals surface area contributed by atoms with Crippen LogP contribution in [0.1, 0.15) is 22.3 Å². The largest absolute Gasteiger partial charge is 1.00 e. The van der Waals surface area contributed by atoms with Crippen LogP contribution in [0.4, 0.5) is 13.2 Å². The van der Waals surface area contributed by atoms with Gasteiger partial charge in [0.2, 0.25) is 0 Å². The van der Waals surface area contributed by atoms with Crippen molar-refractivity contribution in [3.05, 3.63) is 34.3 Å². The predicted molar refractivity (Wildman–Crippen MR) is 57.4 cm³/mol. The standard InChI is InChI=1S/C12H8ClF3O3.Na/c13-9-3-5(1-2-8(9)12(14,15)16)10(17)6-4-7(6)11(18)19;/h1-3,6-7H,4H2,(H,18,19);/q;+1/p-1/t6-,7-;/m0./s1. The first-order chi connectivity index (χ1) is 8.71. The van der Waals surface area contributed by atoms with E-state index < -0.39 is 40.4 Å². The Bertz CT molecular complexity index is 559. The van der Waals surface area contributed by atoms with E-state index in [1.54, 1.807) is 0 Å². The van der Waals surface area contributed by atoms with E-state index in [0.29, 0.717) is 6.07 Å². The van der Waals surface area contributed by atoms with Crippen molar-refractivity contribution in [2.45, 2.75) is 12.6 Å². The van der Waals surface area contributed by atoms with Gasteiger partial charge in [-0.15, -0.1) is 0 Å². The fraction of sp³-hybridized carbons (Fsp3) is 0.333. The van der Waals surface area contributed by atoms with E-state index in [9.17, 15) is 27.9 Å². The molecule has 1 aromatic carbocycles. The van der Waals surface area contributed by atoms with Gasteiger partial charge in [-0.25, -0.2) is 0 Å². The maximum Gasteiger partial charge on any atom is 1.00 e. The summed E-state index contributed by atoms with van der Waals surface area (Å²) in [5, 5.41) is 9.94. The minimum atomic E-state index is -4.59. The molecule has 0 aromatic heterocycles. The number of hydrogen-bond donors (Lipinski definition) is 0. The second kappa shape index (κ2) is 6.05. The molecule has 0 saturated heterocycles. The molecule has 20 heavy (non-hydrogen) atoms. The molecule has 1 aromatic rings. The van der Waals surface area contributed by atoms with Crippen molar-refractivity contribution in [3.8, 4) is 0 Å². The quantitative estimate of drug-likeness (QED) is 0.527. The minimum absolute atomic E-state index is 0. The molecule has 0 spiro atoms. The first-order valence-corrected chi connectivity index (χ1v) is 5.71. The van der Waals surface area contributed by atoms with E-state index in [-0.39, 0.29) is 41.5 Å². The summed E-state index contributed by atoms with van der Waals surface area (Å²) in [5.74, 6) is -3.42. The van der Waals surface area contributed by atoms with Gasteiger partial charge >= 0.3 is 35.7 Å². The molecular weight excluding hydrogens is 308 g/mol. The summed E-state index contributed by atoms with van der Waals surface area (Å²) in [6.45, 7) is 0. The number of rotatable bonds is 3. The molecule has 102 valence electrons. The average Bonchev–Trinajstić information content (AvgIpc) is 3.05. The monoisotopic (exact) mass is 314 g/mol.